The molecule has 0 bridgehead atoms. The molecule has 4 rings (SSSR count). The quantitative estimate of drug-likeness (QED) is 0.835. The number of likely N-dealkylation sites (tertiary alicyclic amines) is 1. The number of nitrogens with zero attached hydrogens (tertiary/aromatic N) is 3. The molecule has 132 valence electrons. The molecule has 1 aromatic carbocycles. The number of ether oxygens (including phenoxy) is 2. The summed E-state index contributed by atoms with van der Waals surface area (Å²) in [4.78, 5) is 10.4. The molecule has 3 heterocycles. The highest BCUT2D eigenvalue weighted by Gasteiger charge is 2.48. The van der Waals surface area contributed by atoms with Crippen LogP contribution in [0, 0.1) is 5.82 Å². The summed E-state index contributed by atoms with van der Waals surface area (Å²) in [6, 6.07) is 4.96. The molecular weight excluding hydrogens is 345 g/mol. The van der Waals surface area contributed by atoms with Crippen LogP contribution in [0.2, 0.25) is 5.02 Å². The first-order valence-corrected chi connectivity index (χ1v) is 8.73. The van der Waals surface area contributed by atoms with Gasteiger partial charge in [-0.25, -0.2) is 9.37 Å². The molecular formula is C18H19ClFN3O2. The molecule has 0 radical (unpaired) electrons. The van der Waals surface area contributed by atoms with Crippen LogP contribution < -0.4 is 4.74 Å². The molecule has 7 heteroatoms. The highest BCUT2D eigenvalue weighted by Crippen LogP contribution is 2.36. The van der Waals surface area contributed by atoms with Gasteiger partial charge in [0, 0.05) is 44.9 Å². The lowest BCUT2D eigenvalue weighted by atomic mass is 9.84. The monoisotopic (exact) mass is 363 g/mol. The second-order valence-corrected chi connectivity index (χ2v) is 7.11. The van der Waals surface area contributed by atoms with Crippen molar-refractivity contribution in [2.45, 2.75) is 31.1 Å². The maximum atomic E-state index is 13.6. The molecule has 2 saturated heterocycles. The highest BCUT2D eigenvalue weighted by molar-refractivity contribution is 6.30. The summed E-state index contributed by atoms with van der Waals surface area (Å²) in [5.41, 5.74) is 0.746. The summed E-state index contributed by atoms with van der Waals surface area (Å²) in [6.45, 7) is 3.00. The Balaban J connectivity index is 1.32. The Labute approximate surface area is 150 Å². The third kappa shape index (κ3) is 3.76. The molecule has 1 atom stereocenters. The fourth-order valence-corrected chi connectivity index (χ4v) is 3.72. The molecule has 2 aromatic rings. The van der Waals surface area contributed by atoms with E-state index in [-0.39, 0.29) is 22.5 Å². The topological polar surface area (TPSA) is 47.5 Å². The van der Waals surface area contributed by atoms with E-state index in [0.29, 0.717) is 19.0 Å². The molecule has 2 aliphatic rings. The summed E-state index contributed by atoms with van der Waals surface area (Å²) in [6.07, 6.45) is 6.64. The zero-order valence-corrected chi connectivity index (χ0v) is 14.5. The van der Waals surface area contributed by atoms with Gasteiger partial charge in [0.05, 0.1) is 23.4 Å². The Hall–Kier alpha value is -1.76. The lowest BCUT2D eigenvalue weighted by Crippen LogP contribution is -2.65. The Kier molecular flexibility index (Phi) is 4.58. The van der Waals surface area contributed by atoms with Gasteiger partial charge in [0.15, 0.2) is 0 Å². The minimum absolute atomic E-state index is 0.0839. The van der Waals surface area contributed by atoms with Crippen molar-refractivity contribution >= 4 is 11.6 Å². The van der Waals surface area contributed by atoms with Crippen LogP contribution in [0.5, 0.6) is 5.88 Å². The van der Waals surface area contributed by atoms with Crippen LogP contribution in [0.4, 0.5) is 4.39 Å². The van der Waals surface area contributed by atoms with E-state index in [1.54, 1.807) is 24.7 Å². The molecule has 0 unspecified atom stereocenters. The van der Waals surface area contributed by atoms with E-state index in [9.17, 15) is 4.39 Å². The number of rotatable bonds is 4. The molecule has 0 N–H and O–H groups in total. The maximum absolute atomic E-state index is 13.6. The Bertz CT molecular complexity index is 740. The predicted octanol–water partition coefficient (Wildman–Crippen LogP) is 3.08. The van der Waals surface area contributed by atoms with Crippen LogP contribution in [0.25, 0.3) is 0 Å². The summed E-state index contributed by atoms with van der Waals surface area (Å²) in [7, 11) is 0. The third-order valence-electron chi connectivity index (χ3n) is 4.69. The lowest BCUT2D eigenvalue weighted by Gasteiger charge is -2.53. The summed E-state index contributed by atoms with van der Waals surface area (Å²) < 4.78 is 25.5. The predicted molar refractivity (Wildman–Crippen MR) is 91.1 cm³/mol. The Morgan fingerprint density at radius 3 is 3.00 bits per heavy atom. The number of halogens is 2. The van der Waals surface area contributed by atoms with Crippen LogP contribution in [0.3, 0.4) is 0 Å². The van der Waals surface area contributed by atoms with E-state index < -0.39 is 0 Å². The van der Waals surface area contributed by atoms with Gasteiger partial charge in [-0.2, -0.15) is 0 Å². The molecule has 1 spiro atoms. The van der Waals surface area contributed by atoms with E-state index in [4.69, 9.17) is 21.1 Å². The van der Waals surface area contributed by atoms with Gasteiger partial charge in [0.25, 0.3) is 0 Å². The number of hydrogen-bond donors (Lipinski definition) is 0. The van der Waals surface area contributed by atoms with Gasteiger partial charge in [-0.15, -0.1) is 0 Å². The smallest absolute Gasteiger partial charge is 0.232 e. The fourth-order valence-electron chi connectivity index (χ4n) is 3.60. The maximum Gasteiger partial charge on any atom is 0.232 e. The van der Waals surface area contributed by atoms with Gasteiger partial charge in [-0.3, -0.25) is 9.88 Å². The molecule has 0 aliphatic carbocycles. The fraction of sp³-hybridized carbons (Fsp3) is 0.444. The van der Waals surface area contributed by atoms with Crippen molar-refractivity contribution in [2.24, 2.45) is 0 Å². The van der Waals surface area contributed by atoms with E-state index in [0.717, 1.165) is 31.5 Å². The van der Waals surface area contributed by atoms with Crippen molar-refractivity contribution < 1.29 is 13.9 Å². The van der Waals surface area contributed by atoms with Gasteiger partial charge in [-0.1, -0.05) is 17.7 Å². The Morgan fingerprint density at radius 1 is 1.36 bits per heavy atom. The summed E-state index contributed by atoms with van der Waals surface area (Å²) in [5.74, 6) is 0.179. The average molecular weight is 364 g/mol. The van der Waals surface area contributed by atoms with Gasteiger partial charge in [-0.05, 0) is 17.7 Å². The van der Waals surface area contributed by atoms with Gasteiger partial charge in [0.1, 0.15) is 11.9 Å². The molecule has 2 aliphatic heterocycles. The number of aromatic nitrogens is 2. The minimum Gasteiger partial charge on any atom is -0.473 e. The summed E-state index contributed by atoms with van der Waals surface area (Å²) >= 11 is 5.73. The zero-order chi connectivity index (χ0) is 17.3. The first-order chi connectivity index (χ1) is 12.1. The highest BCUT2D eigenvalue weighted by atomic mass is 35.5. The zero-order valence-electron chi connectivity index (χ0n) is 13.7. The lowest BCUT2D eigenvalue weighted by molar-refractivity contribution is -0.188. The van der Waals surface area contributed by atoms with Crippen LogP contribution >= 0.6 is 11.6 Å². The second kappa shape index (κ2) is 6.86. The van der Waals surface area contributed by atoms with Crippen LogP contribution in [0.15, 0.2) is 36.8 Å². The van der Waals surface area contributed by atoms with E-state index >= 15 is 0 Å². The number of hydrogen-bond acceptors (Lipinski definition) is 5. The van der Waals surface area contributed by atoms with Crippen molar-refractivity contribution in [3.8, 4) is 5.88 Å². The van der Waals surface area contributed by atoms with Crippen molar-refractivity contribution in [1.29, 1.82) is 0 Å². The van der Waals surface area contributed by atoms with Crippen molar-refractivity contribution in [3.05, 3.63) is 53.2 Å². The second-order valence-electron chi connectivity index (χ2n) is 6.70. The van der Waals surface area contributed by atoms with Crippen molar-refractivity contribution in [2.75, 3.05) is 19.7 Å². The summed E-state index contributed by atoms with van der Waals surface area (Å²) in [5, 5.41) is 0.156. The van der Waals surface area contributed by atoms with E-state index in [1.165, 1.54) is 6.07 Å². The van der Waals surface area contributed by atoms with Crippen molar-refractivity contribution in [1.82, 2.24) is 14.9 Å². The minimum atomic E-state index is -0.374. The third-order valence-corrected chi connectivity index (χ3v) is 4.99. The van der Waals surface area contributed by atoms with Gasteiger partial charge >= 0.3 is 0 Å². The van der Waals surface area contributed by atoms with Crippen LogP contribution in [0.1, 0.15) is 18.4 Å². The van der Waals surface area contributed by atoms with Gasteiger partial charge < -0.3 is 9.47 Å². The first-order valence-electron chi connectivity index (χ1n) is 8.35. The normalized spacial score (nSPS) is 22.6. The van der Waals surface area contributed by atoms with Crippen molar-refractivity contribution in [3.63, 3.8) is 0 Å². The van der Waals surface area contributed by atoms with Crippen LogP contribution in [-0.4, -0.2) is 46.3 Å². The first kappa shape index (κ1) is 16.7. The van der Waals surface area contributed by atoms with Gasteiger partial charge in [0.2, 0.25) is 5.88 Å². The molecule has 0 amide bonds. The molecule has 5 nitrogen and oxygen atoms in total. The van der Waals surface area contributed by atoms with Crippen LogP contribution in [-0.2, 0) is 11.3 Å². The largest absolute Gasteiger partial charge is 0.473 e. The molecule has 1 aromatic heterocycles. The average Bonchev–Trinajstić information content (AvgIpc) is 2.58. The van der Waals surface area contributed by atoms with E-state index in [2.05, 4.69) is 14.9 Å². The molecule has 0 saturated carbocycles. The SMILES string of the molecule is Fc1cc(CN2CC3(C[C@H](Oc4cnccn4)CCO3)C2)ccc1Cl. The standard InChI is InChI=1S/C18H19ClFN3O2/c19-15-2-1-13(7-16(15)20)10-23-11-18(12-23)8-14(3-6-24-18)25-17-9-21-4-5-22-17/h1-2,4-5,7,9,14H,3,6,8,10-12H2/t14-/m1/s1. The molecule has 2 fully saturated rings. The van der Waals surface area contributed by atoms with E-state index in [1.807, 2.05) is 6.07 Å². The number of benzene rings is 1. The molecule has 25 heavy (non-hydrogen) atoms. The Morgan fingerprint density at radius 2 is 2.24 bits per heavy atom.